The molecule has 0 spiro atoms. The van der Waals surface area contributed by atoms with Crippen molar-refractivity contribution in [3.05, 3.63) is 77.5 Å². The molecule has 1 N–H and O–H groups in total. The van der Waals surface area contributed by atoms with Gasteiger partial charge in [0.05, 0.1) is 11.1 Å². The summed E-state index contributed by atoms with van der Waals surface area (Å²) >= 11 is 0. The van der Waals surface area contributed by atoms with Gasteiger partial charge in [0.1, 0.15) is 13.2 Å². The summed E-state index contributed by atoms with van der Waals surface area (Å²) in [6.45, 7) is 0.0284. The monoisotopic (exact) mass is 360 g/mol. The summed E-state index contributed by atoms with van der Waals surface area (Å²) < 4.78 is 5.21. The van der Waals surface area contributed by atoms with E-state index in [4.69, 9.17) is 4.74 Å². The van der Waals surface area contributed by atoms with E-state index in [1.54, 1.807) is 0 Å². The summed E-state index contributed by atoms with van der Waals surface area (Å²) in [5.74, 6) is -0.308. The van der Waals surface area contributed by atoms with Gasteiger partial charge in [0, 0.05) is 17.0 Å². The zero-order valence-electron chi connectivity index (χ0n) is 14.9. The highest BCUT2D eigenvalue weighted by atomic mass is 16.5. The number of carbonyl (C=O) groups is 2. The van der Waals surface area contributed by atoms with Gasteiger partial charge in [-0.3, -0.25) is 14.6 Å². The molecule has 1 aliphatic rings. The summed E-state index contributed by atoms with van der Waals surface area (Å²) in [6.07, 6.45) is 2.22. The van der Waals surface area contributed by atoms with Crippen molar-refractivity contribution < 1.29 is 14.3 Å². The molecule has 4 rings (SSSR count). The first-order valence-corrected chi connectivity index (χ1v) is 9.08. The number of nitrogens with one attached hydrogen (secondary N) is 1. The Morgan fingerprint density at radius 3 is 2.56 bits per heavy atom. The average Bonchev–Trinajstić information content (AvgIpc) is 3.56. The number of rotatable bonds is 6. The van der Waals surface area contributed by atoms with Crippen LogP contribution in [0, 0.1) is 0 Å². The van der Waals surface area contributed by atoms with Gasteiger partial charge in [-0.15, -0.1) is 0 Å². The number of benzene rings is 2. The van der Waals surface area contributed by atoms with Crippen molar-refractivity contribution in [2.75, 3.05) is 6.54 Å². The van der Waals surface area contributed by atoms with E-state index in [1.165, 1.54) is 0 Å². The Morgan fingerprint density at radius 2 is 1.78 bits per heavy atom. The van der Waals surface area contributed by atoms with Crippen LogP contribution < -0.4 is 5.32 Å². The maximum absolute atomic E-state index is 12.7. The number of carbonyl (C=O) groups excluding carboxylic acids is 2. The van der Waals surface area contributed by atoms with Crippen molar-refractivity contribution in [2.45, 2.75) is 25.4 Å². The second-order valence-electron chi connectivity index (χ2n) is 6.72. The fraction of sp³-hybridized carbons (Fsp3) is 0.227. The number of aromatic nitrogens is 1. The van der Waals surface area contributed by atoms with Gasteiger partial charge in [-0.2, -0.15) is 0 Å². The van der Waals surface area contributed by atoms with E-state index < -0.39 is 5.97 Å². The van der Waals surface area contributed by atoms with E-state index in [9.17, 15) is 9.59 Å². The smallest absolute Gasteiger partial charge is 0.325 e. The first-order valence-electron chi connectivity index (χ1n) is 9.08. The highest BCUT2D eigenvalue weighted by molar-refractivity contribution is 6.07. The van der Waals surface area contributed by atoms with Crippen molar-refractivity contribution in [3.63, 3.8) is 0 Å². The lowest BCUT2D eigenvalue weighted by atomic mass is 10.1. The van der Waals surface area contributed by atoms with Crippen molar-refractivity contribution in [2.24, 2.45) is 0 Å². The molecule has 136 valence electrons. The fourth-order valence-electron chi connectivity index (χ4n) is 3.01. The van der Waals surface area contributed by atoms with Crippen LogP contribution in [0.2, 0.25) is 0 Å². The lowest BCUT2D eigenvalue weighted by molar-refractivity contribution is -0.143. The zero-order chi connectivity index (χ0) is 18.6. The Bertz CT molecular complexity index is 981. The Labute approximate surface area is 157 Å². The van der Waals surface area contributed by atoms with Gasteiger partial charge in [-0.05, 0) is 30.5 Å². The van der Waals surface area contributed by atoms with Gasteiger partial charge >= 0.3 is 5.97 Å². The molecule has 0 radical (unpaired) electrons. The van der Waals surface area contributed by atoms with Crippen LogP contribution in [0.25, 0.3) is 10.9 Å². The molecule has 1 aromatic heterocycles. The fourth-order valence-corrected chi connectivity index (χ4v) is 3.01. The third-order valence-corrected chi connectivity index (χ3v) is 4.61. The van der Waals surface area contributed by atoms with Crippen LogP contribution in [0.3, 0.4) is 0 Å². The molecule has 3 aromatic rings. The molecule has 2 aromatic carbocycles. The van der Waals surface area contributed by atoms with E-state index in [1.807, 2.05) is 60.7 Å². The summed E-state index contributed by atoms with van der Waals surface area (Å²) in [4.78, 5) is 29.3. The minimum Gasteiger partial charge on any atom is -0.460 e. The summed E-state index contributed by atoms with van der Waals surface area (Å²) in [6, 6.07) is 18.9. The molecule has 1 amide bonds. The predicted octanol–water partition coefficient (Wildman–Crippen LogP) is 3.59. The Morgan fingerprint density at radius 1 is 1.04 bits per heavy atom. The largest absolute Gasteiger partial charge is 0.460 e. The second-order valence-corrected chi connectivity index (χ2v) is 6.72. The lowest BCUT2D eigenvalue weighted by Crippen LogP contribution is -2.30. The molecule has 5 heteroatoms. The maximum atomic E-state index is 12.7. The molecule has 1 aliphatic carbocycles. The van der Waals surface area contributed by atoms with E-state index in [0.717, 1.165) is 35.0 Å². The van der Waals surface area contributed by atoms with Gasteiger partial charge in [-0.1, -0.05) is 48.5 Å². The van der Waals surface area contributed by atoms with E-state index >= 15 is 0 Å². The molecule has 0 saturated heterocycles. The van der Waals surface area contributed by atoms with Crippen LogP contribution in [-0.4, -0.2) is 23.4 Å². The Hall–Kier alpha value is -3.21. The number of hydrogen-bond donors (Lipinski definition) is 1. The molecular weight excluding hydrogens is 340 g/mol. The highest BCUT2D eigenvalue weighted by Gasteiger charge is 2.27. The number of hydrogen-bond acceptors (Lipinski definition) is 4. The lowest BCUT2D eigenvalue weighted by Gasteiger charge is -2.10. The molecule has 1 heterocycles. The summed E-state index contributed by atoms with van der Waals surface area (Å²) in [7, 11) is 0. The number of nitrogens with zero attached hydrogens (tertiary/aromatic N) is 1. The van der Waals surface area contributed by atoms with Crippen LogP contribution >= 0.6 is 0 Å². The molecule has 1 saturated carbocycles. The number of esters is 1. The molecule has 1 fully saturated rings. The normalized spacial score (nSPS) is 13.3. The first kappa shape index (κ1) is 17.2. The van der Waals surface area contributed by atoms with Crippen molar-refractivity contribution >= 4 is 22.8 Å². The number of ether oxygens (including phenoxy) is 1. The molecule has 0 aliphatic heterocycles. The van der Waals surface area contributed by atoms with Crippen LogP contribution in [0.1, 0.15) is 40.4 Å². The first-order chi connectivity index (χ1) is 13.2. The van der Waals surface area contributed by atoms with E-state index in [-0.39, 0.29) is 19.1 Å². The van der Waals surface area contributed by atoms with Crippen LogP contribution in [0.5, 0.6) is 0 Å². The third kappa shape index (κ3) is 4.14. The molecule has 0 bridgehead atoms. The Kier molecular flexibility index (Phi) is 4.83. The van der Waals surface area contributed by atoms with Gasteiger partial charge in [0.15, 0.2) is 0 Å². The average molecular weight is 360 g/mol. The molecular formula is C22H20N2O3. The summed E-state index contributed by atoms with van der Waals surface area (Å²) in [5.41, 5.74) is 3.22. The van der Waals surface area contributed by atoms with Crippen LogP contribution in [0.15, 0.2) is 60.7 Å². The van der Waals surface area contributed by atoms with Crippen LogP contribution in [-0.2, 0) is 16.1 Å². The molecule has 5 nitrogen and oxygen atoms in total. The van der Waals surface area contributed by atoms with Crippen molar-refractivity contribution in [1.29, 1.82) is 0 Å². The standard InChI is InChI=1S/C22H20N2O3/c25-21(27-14-15-6-2-1-3-7-15)13-23-22(26)18-12-20(16-10-11-16)24-19-9-5-4-8-17(18)19/h1-9,12,16H,10-11,13-14H2,(H,23,26). The predicted molar refractivity (Wildman–Crippen MR) is 102 cm³/mol. The Balaban J connectivity index is 1.42. The maximum Gasteiger partial charge on any atom is 0.325 e. The van der Waals surface area contributed by atoms with E-state index in [2.05, 4.69) is 10.3 Å². The van der Waals surface area contributed by atoms with Gasteiger partial charge in [0.2, 0.25) is 0 Å². The summed E-state index contributed by atoms with van der Waals surface area (Å²) in [5, 5.41) is 3.46. The second kappa shape index (κ2) is 7.58. The molecule has 0 atom stereocenters. The van der Waals surface area contributed by atoms with Gasteiger partial charge in [-0.25, -0.2) is 0 Å². The van der Waals surface area contributed by atoms with Crippen molar-refractivity contribution in [1.82, 2.24) is 10.3 Å². The van der Waals surface area contributed by atoms with Gasteiger partial charge < -0.3 is 10.1 Å². The zero-order valence-corrected chi connectivity index (χ0v) is 14.9. The SMILES string of the molecule is O=C(CNC(=O)c1cc(C2CC2)nc2ccccc12)OCc1ccccc1. The van der Waals surface area contributed by atoms with Crippen LogP contribution in [0.4, 0.5) is 0 Å². The molecule has 0 unspecified atom stereocenters. The number of fused-ring (bicyclic) bond motifs is 1. The highest BCUT2D eigenvalue weighted by Crippen LogP contribution is 2.40. The number of pyridine rings is 1. The quantitative estimate of drug-likeness (QED) is 0.682. The minimum absolute atomic E-state index is 0.166. The topological polar surface area (TPSA) is 68.3 Å². The number of amides is 1. The molecule has 27 heavy (non-hydrogen) atoms. The number of para-hydroxylation sites is 1. The van der Waals surface area contributed by atoms with E-state index in [0.29, 0.717) is 11.5 Å². The van der Waals surface area contributed by atoms with Crippen molar-refractivity contribution in [3.8, 4) is 0 Å². The third-order valence-electron chi connectivity index (χ3n) is 4.61. The minimum atomic E-state index is -0.465. The van der Waals surface area contributed by atoms with Gasteiger partial charge in [0.25, 0.3) is 5.91 Å².